The Morgan fingerprint density at radius 3 is 2.06 bits per heavy atom. The molecule has 0 radical (unpaired) electrons. The molecule has 0 bridgehead atoms. The Morgan fingerprint density at radius 2 is 1.41 bits per heavy atom. The van der Waals surface area contributed by atoms with Gasteiger partial charge in [0.1, 0.15) is 25.4 Å². The van der Waals surface area contributed by atoms with Gasteiger partial charge < -0.3 is 29.2 Å². The maximum Gasteiger partial charge on any atom is 0.163 e. The first-order valence-corrected chi connectivity index (χ1v) is 12.3. The Hall–Kier alpha value is -2.52. The van der Waals surface area contributed by atoms with E-state index in [9.17, 15) is 0 Å². The monoisotopic (exact) mass is 506 g/mol. The molecule has 1 aliphatic heterocycles. The van der Waals surface area contributed by atoms with Crippen molar-refractivity contribution in [2.75, 3.05) is 74.7 Å². The summed E-state index contributed by atoms with van der Waals surface area (Å²) in [5.74, 6) is 2.98. The molecule has 2 heterocycles. The first-order valence-electron chi connectivity index (χ1n) is 11.2. The lowest BCUT2D eigenvalue weighted by Gasteiger charge is -2.23. The molecule has 2 aromatic carbocycles. The summed E-state index contributed by atoms with van der Waals surface area (Å²) in [6, 6.07) is 11.8. The van der Waals surface area contributed by atoms with Crippen LogP contribution in [0.2, 0.25) is 0 Å². The molecule has 0 saturated carbocycles. The summed E-state index contributed by atoms with van der Waals surface area (Å²) < 4.78 is 22.9. The minimum absolute atomic E-state index is 0.404. The molecule has 182 valence electrons. The van der Waals surface area contributed by atoms with Gasteiger partial charge in [0.05, 0.1) is 31.9 Å². The molecule has 3 aromatic rings. The van der Waals surface area contributed by atoms with Crippen LogP contribution in [-0.2, 0) is 9.47 Å². The number of benzene rings is 2. The van der Waals surface area contributed by atoms with Gasteiger partial charge in [-0.1, -0.05) is 0 Å². The highest BCUT2D eigenvalue weighted by Gasteiger charge is 2.14. The normalized spacial score (nSPS) is 14.8. The third-order valence-electron chi connectivity index (χ3n) is 5.25. The number of anilines is 3. The van der Waals surface area contributed by atoms with E-state index in [4.69, 9.17) is 42.1 Å². The molecular weight excluding hydrogens is 479 g/mol. The molecule has 10 heteroatoms. The first kappa shape index (κ1) is 24.6. The number of nitrogens with one attached hydrogen (secondary N) is 1. The molecule has 8 nitrogen and oxygen atoms in total. The van der Waals surface area contributed by atoms with Crippen molar-refractivity contribution in [1.82, 2.24) is 9.97 Å². The topological polar surface area (TPSA) is 78.0 Å². The van der Waals surface area contributed by atoms with Gasteiger partial charge in [-0.05, 0) is 30.3 Å². The smallest absolute Gasteiger partial charge is 0.163 e. The fraction of sp³-hybridized carbons (Fsp3) is 0.417. The van der Waals surface area contributed by atoms with Crippen molar-refractivity contribution in [3.8, 4) is 11.5 Å². The van der Waals surface area contributed by atoms with Gasteiger partial charge in [0, 0.05) is 47.7 Å². The summed E-state index contributed by atoms with van der Waals surface area (Å²) in [4.78, 5) is 11.0. The molecule has 34 heavy (non-hydrogen) atoms. The van der Waals surface area contributed by atoms with Crippen LogP contribution >= 0.6 is 23.2 Å². The minimum atomic E-state index is 0.404. The molecule has 0 unspecified atom stereocenters. The Kier molecular flexibility index (Phi) is 9.27. The van der Waals surface area contributed by atoms with Crippen LogP contribution in [0.25, 0.3) is 10.9 Å². The summed E-state index contributed by atoms with van der Waals surface area (Å²) in [5.41, 5.74) is 2.71. The van der Waals surface area contributed by atoms with Crippen LogP contribution in [0, 0.1) is 0 Å². The summed E-state index contributed by atoms with van der Waals surface area (Å²) in [6.07, 6.45) is 1.53. The second-order valence-corrected chi connectivity index (χ2v) is 8.25. The lowest BCUT2D eigenvalue weighted by Crippen LogP contribution is -2.27. The van der Waals surface area contributed by atoms with E-state index in [0.717, 1.165) is 35.4 Å². The van der Waals surface area contributed by atoms with E-state index in [0.29, 0.717) is 68.7 Å². The molecule has 1 aliphatic rings. The third kappa shape index (κ3) is 6.54. The third-order valence-corrected chi connectivity index (χ3v) is 5.59. The van der Waals surface area contributed by atoms with Crippen LogP contribution in [0.5, 0.6) is 11.5 Å². The van der Waals surface area contributed by atoms with Crippen molar-refractivity contribution in [3.63, 3.8) is 0 Å². The number of nitrogens with zero attached hydrogens (tertiary/aromatic N) is 3. The second kappa shape index (κ2) is 12.8. The van der Waals surface area contributed by atoms with E-state index in [1.165, 1.54) is 6.33 Å². The Labute approximate surface area is 209 Å². The van der Waals surface area contributed by atoms with Crippen molar-refractivity contribution in [3.05, 3.63) is 42.7 Å². The molecular formula is C24H28Cl2N4O4. The van der Waals surface area contributed by atoms with E-state index in [-0.39, 0.29) is 0 Å². The predicted octanol–water partition coefficient (Wildman–Crippen LogP) is 4.46. The van der Waals surface area contributed by atoms with Gasteiger partial charge in [-0.3, -0.25) is 0 Å². The van der Waals surface area contributed by atoms with Crippen LogP contribution < -0.4 is 19.7 Å². The maximum absolute atomic E-state index is 5.96. The quantitative estimate of drug-likeness (QED) is 0.470. The molecule has 4 rings (SSSR count). The van der Waals surface area contributed by atoms with Crippen LogP contribution in [0.4, 0.5) is 17.2 Å². The molecule has 0 saturated heterocycles. The fourth-order valence-corrected chi connectivity index (χ4v) is 4.01. The van der Waals surface area contributed by atoms with E-state index in [1.807, 2.05) is 36.4 Å². The largest absolute Gasteiger partial charge is 0.487 e. The van der Waals surface area contributed by atoms with Gasteiger partial charge in [0.25, 0.3) is 0 Å². The van der Waals surface area contributed by atoms with Crippen molar-refractivity contribution in [2.45, 2.75) is 0 Å². The van der Waals surface area contributed by atoms with Crippen LogP contribution in [0.15, 0.2) is 42.7 Å². The zero-order chi connectivity index (χ0) is 23.6. The molecule has 0 amide bonds. The highest BCUT2D eigenvalue weighted by atomic mass is 35.5. The van der Waals surface area contributed by atoms with Crippen LogP contribution in [0.1, 0.15) is 0 Å². The lowest BCUT2D eigenvalue weighted by molar-refractivity contribution is 0.0224. The van der Waals surface area contributed by atoms with Gasteiger partial charge in [-0.25, -0.2) is 9.97 Å². The summed E-state index contributed by atoms with van der Waals surface area (Å²) in [7, 11) is 0. The Balaban J connectivity index is 1.57. The van der Waals surface area contributed by atoms with Gasteiger partial charge in [0.15, 0.2) is 11.5 Å². The van der Waals surface area contributed by atoms with E-state index in [1.54, 1.807) is 0 Å². The number of halogens is 2. The van der Waals surface area contributed by atoms with E-state index < -0.39 is 0 Å². The number of aromatic nitrogens is 2. The summed E-state index contributed by atoms with van der Waals surface area (Å²) in [5, 5.41) is 4.21. The lowest BCUT2D eigenvalue weighted by atomic mass is 10.2. The average molecular weight is 507 g/mol. The van der Waals surface area contributed by atoms with Crippen molar-refractivity contribution < 1.29 is 18.9 Å². The highest BCUT2D eigenvalue weighted by molar-refractivity contribution is 6.18. The summed E-state index contributed by atoms with van der Waals surface area (Å²) in [6.45, 7) is 4.30. The van der Waals surface area contributed by atoms with Gasteiger partial charge in [0.2, 0.25) is 0 Å². The molecule has 0 fully saturated rings. The molecule has 0 aliphatic carbocycles. The number of alkyl halides is 2. The molecule has 1 N–H and O–H groups in total. The van der Waals surface area contributed by atoms with Gasteiger partial charge in [-0.15, -0.1) is 23.2 Å². The number of hydrogen-bond acceptors (Lipinski definition) is 8. The van der Waals surface area contributed by atoms with Gasteiger partial charge in [-0.2, -0.15) is 0 Å². The zero-order valence-corrected chi connectivity index (χ0v) is 20.4. The van der Waals surface area contributed by atoms with Crippen molar-refractivity contribution in [1.29, 1.82) is 0 Å². The Morgan fingerprint density at radius 1 is 0.794 bits per heavy atom. The average Bonchev–Trinajstić information content (AvgIpc) is 2.85. The standard InChI is InChI=1S/C24H28Cl2N4O4/c25-5-7-30(8-6-26)19-3-1-18(2-4-19)29-24-20-15-22-23(16-21(20)27-17-28-24)34-14-12-32-10-9-31-11-13-33-22/h1-4,15-17H,5-14H2,(H,27,28,29). The predicted molar refractivity (Wildman–Crippen MR) is 136 cm³/mol. The fourth-order valence-electron chi connectivity index (χ4n) is 3.60. The number of hydrogen-bond donors (Lipinski definition) is 1. The maximum atomic E-state index is 5.96. The molecule has 1 aromatic heterocycles. The molecule has 0 atom stereocenters. The minimum Gasteiger partial charge on any atom is -0.487 e. The van der Waals surface area contributed by atoms with E-state index in [2.05, 4.69) is 20.2 Å². The summed E-state index contributed by atoms with van der Waals surface area (Å²) >= 11 is 11.9. The number of ether oxygens (including phenoxy) is 4. The number of fused-ring (bicyclic) bond motifs is 2. The van der Waals surface area contributed by atoms with E-state index >= 15 is 0 Å². The van der Waals surface area contributed by atoms with Crippen molar-refractivity contribution >= 4 is 51.3 Å². The second-order valence-electron chi connectivity index (χ2n) is 7.50. The molecule has 0 spiro atoms. The number of rotatable bonds is 7. The Bertz CT molecular complexity index is 1050. The first-order chi connectivity index (χ1) is 16.8. The van der Waals surface area contributed by atoms with Crippen molar-refractivity contribution in [2.24, 2.45) is 0 Å². The van der Waals surface area contributed by atoms with Gasteiger partial charge >= 0.3 is 0 Å². The van der Waals surface area contributed by atoms with Crippen LogP contribution in [0.3, 0.4) is 0 Å². The SMILES string of the molecule is ClCCN(CCCl)c1ccc(Nc2ncnc3cc4c(cc23)OCCOCCOCCO4)cc1. The zero-order valence-electron chi connectivity index (χ0n) is 18.8. The highest BCUT2D eigenvalue weighted by Crippen LogP contribution is 2.35. The van der Waals surface area contributed by atoms with Crippen LogP contribution in [-0.4, -0.2) is 74.5 Å².